The summed E-state index contributed by atoms with van der Waals surface area (Å²) in [5, 5.41) is 23.0. The summed E-state index contributed by atoms with van der Waals surface area (Å²) in [5.41, 5.74) is -1.13. The van der Waals surface area contributed by atoms with Crippen LogP contribution in [-0.2, 0) is 9.59 Å². The summed E-state index contributed by atoms with van der Waals surface area (Å²) in [6, 6.07) is -0.620. The molecule has 18 heavy (non-hydrogen) atoms. The second-order valence-corrected chi connectivity index (χ2v) is 4.14. The van der Waals surface area contributed by atoms with Crippen molar-refractivity contribution in [1.29, 1.82) is 0 Å². The summed E-state index contributed by atoms with van der Waals surface area (Å²) < 4.78 is 0. The van der Waals surface area contributed by atoms with Crippen LogP contribution in [0.2, 0.25) is 0 Å². The van der Waals surface area contributed by atoms with Crippen LogP contribution in [0, 0.1) is 0 Å². The summed E-state index contributed by atoms with van der Waals surface area (Å²) in [4.78, 5) is 34.9. The van der Waals surface area contributed by atoms with E-state index >= 15 is 0 Å². The van der Waals surface area contributed by atoms with Gasteiger partial charge in [-0.2, -0.15) is 0 Å². The molecule has 1 aliphatic heterocycles. The van der Waals surface area contributed by atoms with Gasteiger partial charge in [-0.15, -0.1) is 0 Å². The molecule has 0 aromatic carbocycles. The topological polar surface area (TPSA) is 119 Å². The Morgan fingerprint density at radius 2 is 2.06 bits per heavy atom. The Hall–Kier alpha value is -1.67. The number of nitrogens with zero attached hydrogens (tertiary/aromatic N) is 1. The zero-order chi connectivity index (χ0) is 13.8. The SMILES string of the molecule is CCC(CO)(CO)NC(=O)CN1C(=O)CNC1=O. The maximum absolute atomic E-state index is 11.7. The van der Waals surface area contributed by atoms with Crippen LogP contribution >= 0.6 is 0 Å². The monoisotopic (exact) mass is 259 g/mol. The van der Waals surface area contributed by atoms with Gasteiger partial charge in [0, 0.05) is 0 Å². The quantitative estimate of drug-likeness (QED) is 0.403. The van der Waals surface area contributed by atoms with Gasteiger partial charge in [0.25, 0.3) is 5.91 Å². The fourth-order valence-corrected chi connectivity index (χ4v) is 1.54. The first kappa shape index (κ1) is 14.4. The van der Waals surface area contributed by atoms with Gasteiger partial charge in [0.15, 0.2) is 0 Å². The standard InChI is InChI=1S/C10H17N3O5/c1-2-10(5-14,6-15)12-7(16)4-13-8(17)3-11-9(13)18/h14-15H,2-6H2,1H3,(H,11,18)(H,12,16). The van der Waals surface area contributed by atoms with E-state index in [-0.39, 0.29) is 6.54 Å². The van der Waals surface area contributed by atoms with Crippen LogP contribution in [0.5, 0.6) is 0 Å². The van der Waals surface area contributed by atoms with Gasteiger partial charge in [-0.3, -0.25) is 14.5 Å². The summed E-state index contributed by atoms with van der Waals surface area (Å²) in [5.74, 6) is -1.09. The van der Waals surface area contributed by atoms with E-state index in [1.54, 1.807) is 6.92 Å². The molecule has 4 N–H and O–H groups in total. The summed E-state index contributed by atoms with van der Waals surface area (Å²) in [7, 11) is 0. The minimum Gasteiger partial charge on any atom is -0.394 e. The molecule has 0 bridgehead atoms. The fourth-order valence-electron chi connectivity index (χ4n) is 1.54. The lowest BCUT2D eigenvalue weighted by Gasteiger charge is -2.30. The lowest BCUT2D eigenvalue weighted by atomic mass is 9.98. The fraction of sp³-hybridized carbons (Fsp3) is 0.700. The molecule has 1 rings (SSSR count). The molecule has 0 radical (unpaired) electrons. The molecule has 0 saturated carbocycles. The average molecular weight is 259 g/mol. The van der Waals surface area contributed by atoms with Gasteiger partial charge < -0.3 is 20.8 Å². The molecule has 8 nitrogen and oxygen atoms in total. The molecule has 1 aliphatic rings. The molecule has 1 heterocycles. The average Bonchev–Trinajstić information content (AvgIpc) is 2.68. The van der Waals surface area contributed by atoms with E-state index in [1.165, 1.54) is 0 Å². The molecule has 4 amide bonds. The minimum atomic E-state index is -1.13. The number of amides is 4. The van der Waals surface area contributed by atoms with E-state index in [2.05, 4.69) is 10.6 Å². The Bertz CT molecular complexity index is 329. The third-order valence-corrected chi connectivity index (χ3v) is 2.93. The van der Waals surface area contributed by atoms with E-state index in [1.807, 2.05) is 0 Å². The van der Waals surface area contributed by atoms with E-state index in [4.69, 9.17) is 10.2 Å². The molecule has 0 unspecified atom stereocenters. The molecule has 0 aromatic rings. The van der Waals surface area contributed by atoms with Gasteiger partial charge in [0.05, 0.1) is 25.3 Å². The molecule has 1 saturated heterocycles. The Labute approximate surface area is 104 Å². The second-order valence-electron chi connectivity index (χ2n) is 4.14. The number of urea groups is 1. The predicted octanol–water partition coefficient (Wildman–Crippen LogP) is -2.21. The van der Waals surface area contributed by atoms with E-state index in [0.717, 1.165) is 4.90 Å². The first-order valence-corrected chi connectivity index (χ1v) is 5.59. The maximum atomic E-state index is 11.7. The minimum absolute atomic E-state index is 0.120. The Kier molecular flexibility index (Phi) is 4.62. The van der Waals surface area contributed by atoms with E-state index in [9.17, 15) is 14.4 Å². The third-order valence-electron chi connectivity index (χ3n) is 2.93. The Balaban J connectivity index is 2.60. The highest BCUT2D eigenvalue weighted by molar-refractivity contribution is 6.04. The molecule has 8 heteroatoms. The largest absolute Gasteiger partial charge is 0.394 e. The van der Waals surface area contributed by atoms with Crippen molar-refractivity contribution in [2.45, 2.75) is 18.9 Å². The van der Waals surface area contributed by atoms with E-state index < -0.39 is 43.1 Å². The number of hydrogen-bond donors (Lipinski definition) is 4. The zero-order valence-corrected chi connectivity index (χ0v) is 10.1. The van der Waals surface area contributed by atoms with Crippen molar-refractivity contribution >= 4 is 17.8 Å². The number of carbonyl (C=O) groups excluding carboxylic acids is 3. The van der Waals surface area contributed by atoms with Crippen LogP contribution in [0.1, 0.15) is 13.3 Å². The maximum Gasteiger partial charge on any atom is 0.325 e. The molecule has 1 fully saturated rings. The number of rotatable bonds is 6. The first-order chi connectivity index (χ1) is 8.48. The molecular weight excluding hydrogens is 242 g/mol. The van der Waals surface area contributed by atoms with Crippen molar-refractivity contribution in [3.05, 3.63) is 0 Å². The van der Waals surface area contributed by atoms with Crippen LogP contribution in [0.15, 0.2) is 0 Å². The smallest absolute Gasteiger partial charge is 0.325 e. The van der Waals surface area contributed by atoms with Gasteiger partial charge >= 0.3 is 6.03 Å². The van der Waals surface area contributed by atoms with Crippen molar-refractivity contribution in [1.82, 2.24) is 15.5 Å². The van der Waals surface area contributed by atoms with Gasteiger partial charge in [0.2, 0.25) is 5.91 Å². The number of aliphatic hydroxyl groups is 2. The van der Waals surface area contributed by atoms with Gasteiger partial charge in [0.1, 0.15) is 6.54 Å². The Morgan fingerprint density at radius 1 is 1.44 bits per heavy atom. The lowest BCUT2D eigenvalue weighted by Crippen LogP contribution is -2.56. The zero-order valence-electron chi connectivity index (χ0n) is 10.1. The summed E-state index contributed by atoms with van der Waals surface area (Å²) in [6.45, 7) is 0.301. The van der Waals surface area contributed by atoms with Crippen LogP contribution in [0.4, 0.5) is 4.79 Å². The highest BCUT2D eigenvalue weighted by Gasteiger charge is 2.33. The molecule has 102 valence electrons. The highest BCUT2D eigenvalue weighted by atomic mass is 16.3. The van der Waals surface area contributed by atoms with Gasteiger partial charge in [-0.1, -0.05) is 6.92 Å². The van der Waals surface area contributed by atoms with Crippen LogP contribution in [-0.4, -0.2) is 64.8 Å². The molecular formula is C10H17N3O5. The number of carbonyl (C=O) groups is 3. The van der Waals surface area contributed by atoms with Gasteiger partial charge in [-0.05, 0) is 6.42 Å². The second kappa shape index (κ2) is 5.78. The highest BCUT2D eigenvalue weighted by Crippen LogP contribution is 2.08. The lowest BCUT2D eigenvalue weighted by molar-refractivity contribution is -0.132. The first-order valence-electron chi connectivity index (χ1n) is 5.59. The molecule has 0 aromatic heterocycles. The number of aliphatic hydroxyl groups excluding tert-OH is 2. The molecule has 0 aliphatic carbocycles. The summed E-state index contributed by atoms with van der Waals surface area (Å²) in [6.07, 6.45) is 0.325. The summed E-state index contributed by atoms with van der Waals surface area (Å²) >= 11 is 0. The van der Waals surface area contributed by atoms with Crippen molar-refractivity contribution in [3.63, 3.8) is 0 Å². The molecule has 0 atom stereocenters. The number of imide groups is 1. The molecule has 0 spiro atoms. The van der Waals surface area contributed by atoms with Crippen LogP contribution in [0.3, 0.4) is 0 Å². The number of hydrogen-bond acceptors (Lipinski definition) is 5. The van der Waals surface area contributed by atoms with Crippen molar-refractivity contribution < 1.29 is 24.6 Å². The van der Waals surface area contributed by atoms with Crippen molar-refractivity contribution in [3.8, 4) is 0 Å². The van der Waals surface area contributed by atoms with Gasteiger partial charge in [-0.25, -0.2) is 4.79 Å². The Morgan fingerprint density at radius 3 is 2.44 bits per heavy atom. The number of nitrogens with one attached hydrogen (secondary N) is 2. The third kappa shape index (κ3) is 2.96. The van der Waals surface area contributed by atoms with Crippen LogP contribution < -0.4 is 10.6 Å². The van der Waals surface area contributed by atoms with Crippen LogP contribution in [0.25, 0.3) is 0 Å². The van der Waals surface area contributed by atoms with E-state index in [0.29, 0.717) is 6.42 Å². The van der Waals surface area contributed by atoms with Crippen molar-refractivity contribution in [2.75, 3.05) is 26.3 Å². The normalized spacial score (nSPS) is 15.8. The van der Waals surface area contributed by atoms with Crippen molar-refractivity contribution in [2.24, 2.45) is 0 Å². The predicted molar refractivity (Wildman–Crippen MR) is 60.4 cm³/mol.